The molecule has 0 saturated heterocycles. The first kappa shape index (κ1) is 17.7. The van der Waals surface area contributed by atoms with Crippen molar-refractivity contribution in [2.75, 3.05) is 19.7 Å². The summed E-state index contributed by atoms with van der Waals surface area (Å²) in [4.78, 5) is 23.6. The van der Waals surface area contributed by atoms with Crippen LogP contribution in [0.4, 0.5) is 13.2 Å². The molecule has 0 heterocycles. The third-order valence-corrected chi connectivity index (χ3v) is 3.81. The van der Waals surface area contributed by atoms with Crippen LogP contribution in [0, 0.1) is 5.41 Å². The number of aliphatic hydroxyl groups excluding tert-OH is 1. The third kappa shape index (κ3) is 5.91. The lowest BCUT2D eigenvalue weighted by Crippen LogP contribution is -2.42. The van der Waals surface area contributed by atoms with Gasteiger partial charge in [0, 0.05) is 13.0 Å². The summed E-state index contributed by atoms with van der Waals surface area (Å²) in [7, 11) is 0. The molecule has 1 aliphatic carbocycles. The van der Waals surface area contributed by atoms with Gasteiger partial charge < -0.3 is 15.1 Å². The average molecular weight is 311 g/mol. The van der Waals surface area contributed by atoms with E-state index < -0.39 is 43.2 Å². The Morgan fingerprint density at radius 1 is 1.14 bits per heavy atom. The van der Waals surface area contributed by atoms with Crippen LogP contribution in [0.2, 0.25) is 0 Å². The number of alkyl halides is 3. The van der Waals surface area contributed by atoms with E-state index in [1.807, 2.05) is 0 Å². The summed E-state index contributed by atoms with van der Waals surface area (Å²) in [5.74, 6) is -1.79. The molecular formula is C13H20F3NO4. The zero-order valence-electron chi connectivity index (χ0n) is 11.7. The molecule has 0 aromatic rings. The van der Waals surface area contributed by atoms with Gasteiger partial charge in [-0.25, -0.2) is 0 Å². The Hall–Kier alpha value is -1.31. The van der Waals surface area contributed by atoms with Gasteiger partial charge in [-0.05, 0) is 18.3 Å². The first-order valence-electron chi connectivity index (χ1n) is 6.85. The van der Waals surface area contributed by atoms with E-state index in [0.29, 0.717) is 17.7 Å². The molecule has 0 radical (unpaired) electrons. The summed E-state index contributed by atoms with van der Waals surface area (Å²) in [5.41, 5.74) is -0.748. The predicted molar refractivity (Wildman–Crippen MR) is 67.5 cm³/mol. The van der Waals surface area contributed by atoms with Crippen LogP contribution in [0.25, 0.3) is 0 Å². The number of rotatable bonds is 7. The molecule has 0 spiro atoms. The Kier molecular flexibility index (Phi) is 6.00. The second-order valence-corrected chi connectivity index (χ2v) is 5.61. The van der Waals surface area contributed by atoms with Gasteiger partial charge >= 0.3 is 12.1 Å². The molecule has 1 amide bonds. The fraction of sp³-hybridized carbons (Fsp3) is 0.846. The topological polar surface area (TPSA) is 77.8 Å². The second kappa shape index (κ2) is 7.11. The highest BCUT2D eigenvalue weighted by molar-refractivity contribution is 5.78. The normalized spacial score (nSPS) is 17.7. The van der Waals surface area contributed by atoms with Gasteiger partial charge in [0.2, 0.25) is 5.91 Å². The van der Waals surface area contributed by atoms with Gasteiger partial charge in [-0.1, -0.05) is 12.8 Å². The number of hydrogen-bond donors (Lipinski definition) is 2. The second-order valence-electron chi connectivity index (χ2n) is 5.61. The van der Waals surface area contributed by atoms with Gasteiger partial charge in [-0.3, -0.25) is 9.59 Å². The van der Waals surface area contributed by atoms with E-state index in [9.17, 15) is 22.8 Å². The summed E-state index contributed by atoms with van der Waals surface area (Å²) in [6.45, 7) is -2.38. The molecule has 0 aromatic heterocycles. The SMILES string of the molecule is O=C(O)CC1(CC(=O)N(CCO)CC(F)(F)F)CCCC1. The monoisotopic (exact) mass is 311 g/mol. The van der Waals surface area contributed by atoms with Crippen LogP contribution in [-0.4, -0.2) is 52.9 Å². The van der Waals surface area contributed by atoms with Gasteiger partial charge in [0.25, 0.3) is 0 Å². The molecule has 1 aliphatic rings. The van der Waals surface area contributed by atoms with E-state index in [-0.39, 0.29) is 12.8 Å². The molecule has 0 aromatic carbocycles. The summed E-state index contributed by atoms with van der Waals surface area (Å²) >= 11 is 0. The smallest absolute Gasteiger partial charge is 0.406 e. The zero-order chi connectivity index (χ0) is 16.1. The molecule has 1 fully saturated rings. The van der Waals surface area contributed by atoms with Gasteiger partial charge in [0.05, 0.1) is 13.0 Å². The lowest BCUT2D eigenvalue weighted by atomic mass is 9.79. The van der Waals surface area contributed by atoms with Crippen molar-refractivity contribution in [3.63, 3.8) is 0 Å². The Bertz CT molecular complexity index is 378. The highest BCUT2D eigenvalue weighted by Gasteiger charge is 2.40. The lowest BCUT2D eigenvalue weighted by Gasteiger charge is -2.30. The van der Waals surface area contributed by atoms with Crippen LogP contribution in [0.3, 0.4) is 0 Å². The molecule has 8 heteroatoms. The number of amides is 1. The molecule has 0 atom stereocenters. The van der Waals surface area contributed by atoms with Crippen molar-refractivity contribution < 1.29 is 33.0 Å². The molecule has 1 saturated carbocycles. The Morgan fingerprint density at radius 3 is 2.14 bits per heavy atom. The molecule has 1 rings (SSSR count). The van der Waals surface area contributed by atoms with E-state index in [4.69, 9.17) is 10.2 Å². The minimum atomic E-state index is -4.54. The Balaban J connectivity index is 2.75. The van der Waals surface area contributed by atoms with Crippen LogP contribution in [0.5, 0.6) is 0 Å². The van der Waals surface area contributed by atoms with Crippen LogP contribution in [-0.2, 0) is 9.59 Å². The maximum absolute atomic E-state index is 12.4. The van der Waals surface area contributed by atoms with Crippen molar-refractivity contribution >= 4 is 11.9 Å². The van der Waals surface area contributed by atoms with Crippen molar-refractivity contribution in [3.05, 3.63) is 0 Å². The Labute approximate surface area is 120 Å². The molecule has 21 heavy (non-hydrogen) atoms. The number of hydrogen-bond acceptors (Lipinski definition) is 3. The van der Waals surface area contributed by atoms with E-state index in [1.165, 1.54) is 0 Å². The quantitative estimate of drug-likeness (QED) is 0.751. The number of carboxylic acids is 1. The largest absolute Gasteiger partial charge is 0.481 e. The van der Waals surface area contributed by atoms with Crippen LogP contribution < -0.4 is 0 Å². The number of carboxylic acid groups (broad SMARTS) is 1. The highest BCUT2D eigenvalue weighted by Crippen LogP contribution is 2.44. The molecule has 0 bridgehead atoms. The number of carbonyl (C=O) groups is 2. The van der Waals surface area contributed by atoms with Crippen molar-refractivity contribution in [3.8, 4) is 0 Å². The minimum absolute atomic E-state index is 0.211. The van der Waals surface area contributed by atoms with Crippen LogP contribution in [0.1, 0.15) is 38.5 Å². The van der Waals surface area contributed by atoms with Gasteiger partial charge in [-0.15, -0.1) is 0 Å². The summed E-state index contributed by atoms with van der Waals surface area (Å²) in [6.07, 6.45) is -2.35. The number of aliphatic carboxylic acids is 1. The maximum Gasteiger partial charge on any atom is 0.406 e. The molecule has 0 aliphatic heterocycles. The van der Waals surface area contributed by atoms with E-state index >= 15 is 0 Å². The highest BCUT2D eigenvalue weighted by atomic mass is 19.4. The maximum atomic E-state index is 12.4. The first-order chi connectivity index (χ1) is 9.67. The minimum Gasteiger partial charge on any atom is -0.481 e. The van der Waals surface area contributed by atoms with Crippen LogP contribution >= 0.6 is 0 Å². The van der Waals surface area contributed by atoms with Crippen molar-refractivity contribution in [2.24, 2.45) is 5.41 Å². The third-order valence-electron chi connectivity index (χ3n) is 3.81. The molecule has 2 N–H and O–H groups in total. The zero-order valence-corrected chi connectivity index (χ0v) is 11.7. The van der Waals surface area contributed by atoms with E-state index in [0.717, 1.165) is 12.8 Å². The lowest BCUT2D eigenvalue weighted by molar-refractivity contribution is -0.164. The van der Waals surface area contributed by atoms with Gasteiger partial charge in [0.15, 0.2) is 0 Å². The van der Waals surface area contributed by atoms with Crippen LogP contribution in [0.15, 0.2) is 0 Å². The standard InChI is InChI=1S/C13H20F3NO4/c14-13(15,16)9-17(5-6-18)10(19)7-12(8-11(20)21)3-1-2-4-12/h18H,1-9H2,(H,20,21). The van der Waals surface area contributed by atoms with E-state index in [2.05, 4.69) is 0 Å². The van der Waals surface area contributed by atoms with Gasteiger partial charge in [-0.2, -0.15) is 13.2 Å². The first-order valence-corrected chi connectivity index (χ1v) is 6.85. The van der Waals surface area contributed by atoms with Crippen molar-refractivity contribution in [1.29, 1.82) is 0 Å². The summed E-state index contributed by atoms with van der Waals surface area (Å²) < 4.78 is 37.3. The average Bonchev–Trinajstić information content (AvgIpc) is 2.74. The van der Waals surface area contributed by atoms with Gasteiger partial charge in [0.1, 0.15) is 6.54 Å². The number of nitrogens with zero attached hydrogens (tertiary/aromatic N) is 1. The molecule has 5 nitrogen and oxygen atoms in total. The Morgan fingerprint density at radius 2 is 1.71 bits per heavy atom. The van der Waals surface area contributed by atoms with Crippen molar-refractivity contribution in [1.82, 2.24) is 4.90 Å². The van der Waals surface area contributed by atoms with E-state index in [1.54, 1.807) is 0 Å². The summed E-state index contributed by atoms with van der Waals surface area (Å²) in [6, 6.07) is 0. The van der Waals surface area contributed by atoms with Crippen molar-refractivity contribution in [2.45, 2.75) is 44.7 Å². The number of carbonyl (C=O) groups excluding carboxylic acids is 1. The fourth-order valence-electron chi connectivity index (χ4n) is 2.92. The molecule has 0 unspecified atom stereocenters. The number of aliphatic hydroxyl groups is 1. The summed E-state index contributed by atoms with van der Waals surface area (Å²) in [5, 5.41) is 17.7. The molecular weight excluding hydrogens is 291 g/mol. The predicted octanol–water partition coefficient (Wildman–Crippen LogP) is 1.79. The number of halogens is 3. The molecule has 122 valence electrons. The fourth-order valence-corrected chi connectivity index (χ4v) is 2.92.